The van der Waals surface area contributed by atoms with Crippen LogP contribution in [0, 0.1) is 10.1 Å². The number of esters is 1. The van der Waals surface area contributed by atoms with E-state index in [0.717, 1.165) is 11.6 Å². The highest BCUT2D eigenvalue weighted by Crippen LogP contribution is 2.24. The molecular formula is C17H17N3O5. The zero-order valence-corrected chi connectivity index (χ0v) is 13.5. The summed E-state index contributed by atoms with van der Waals surface area (Å²) in [5.74, 6) is -1.68. The summed E-state index contributed by atoms with van der Waals surface area (Å²) in [4.78, 5) is 33.7. The zero-order chi connectivity index (χ0) is 18.4. The number of rotatable bonds is 7. The predicted octanol–water partition coefficient (Wildman–Crippen LogP) is 2.24. The molecule has 2 aromatic rings. The van der Waals surface area contributed by atoms with Gasteiger partial charge in [0, 0.05) is 24.4 Å². The number of anilines is 1. The summed E-state index contributed by atoms with van der Waals surface area (Å²) in [6.45, 7) is 1.74. The maximum atomic E-state index is 12.3. The molecule has 2 aromatic carbocycles. The smallest absolute Gasteiger partial charge is 0.341 e. The number of hydrogen-bond acceptors (Lipinski definition) is 6. The molecule has 0 unspecified atom stereocenters. The van der Waals surface area contributed by atoms with Gasteiger partial charge in [-0.2, -0.15) is 0 Å². The second-order valence-electron chi connectivity index (χ2n) is 5.28. The SMILES string of the molecule is C[C@@H](OC(=O)c1cc([N+](=O)[O-])ccc1NCc1ccccc1)C(N)=O. The van der Waals surface area contributed by atoms with Gasteiger partial charge in [-0.1, -0.05) is 30.3 Å². The molecule has 0 aliphatic rings. The number of carbonyl (C=O) groups is 2. The number of amides is 1. The van der Waals surface area contributed by atoms with Crippen LogP contribution in [0.3, 0.4) is 0 Å². The number of nitrogens with one attached hydrogen (secondary N) is 1. The lowest BCUT2D eigenvalue weighted by Crippen LogP contribution is -2.30. The van der Waals surface area contributed by atoms with Gasteiger partial charge >= 0.3 is 5.97 Å². The van der Waals surface area contributed by atoms with E-state index >= 15 is 0 Å². The Morgan fingerprint density at radius 1 is 1.24 bits per heavy atom. The fourth-order valence-electron chi connectivity index (χ4n) is 2.04. The molecule has 0 spiro atoms. The van der Waals surface area contributed by atoms with Gasteiger partial charge in [0.05, 0.1) is 10.5 Å². The lowest BCUT2D eigenvalue weighted by molar-refractivity contribution is -0.384. The number of nitro benzene ring substituents is 1. The third-order valence-corrected chi connectivity index (χ3v) is 3.44. The van der Waals surface area contributed by atoms with Gasteiger partial charge in [0.25, 0.3) is 11.6 Å². The molecule has 8 nitrogen and oxygen atoms in total. The Morgan fingerprint density at radius 3 is 2.52 bits per heavy atom. The van der Waals surface area contributed by atoms with Crippen molar-refractivity contribution in [2.75, 3.05) is 5.32 Å². The number of nitro groups is 1. The maximum absolute atomic E-state index is 12.3. The van der Waals surface area contributed by atoms with Crippen molar-refractivity contribution in [2.45, 2.75) is 19.6 Å². The molecule has 2 rings (SSSR count). The van der Waals surface area contributed by atoms with Crippen LogP contribution < -0.4 is 11.1 Å². The molecule has 0 saturated carbocycles. The molecule has 0 aliphatic heterocycles. The van der Waals surface area contributed by atoms with E-state index in [2.05, 4.69) is 5.32 Å². The Balaban J connectivity index is 2.26. The van der Waals surface area contributed by atoms with E-state index in [1.165, 1.54) is 19.1 Å². The summed E-state index contributed by atoms with van der Waals surface area (Å²) in [5.41, 5.74) is 6.09. The molecule has 25 heavy (non-hydrogen) atoms. The van der Waals surface area contributed by atoms with Gasteiger partial charge in [0.15, 0.2) is 6.10 Å². The number of hydrogen-bond donors (Lipinski definition) is 2. The zero-order valence-electron chi connectivity index (χ0n) is 13.5. The van der Waals surface area contributed by atoms with Crippen molar-refractivity contribution in [3.63, 3.8) is 0 Å². The molecular weight excluding hydrogens is 326 g/mol. The Hall–Kier alpha value is -3.42. The van der Waals surface area contributed by atoms with Gasteiger partial charge in [-0.25, -0.2) is 4.79 Å². The highest BCUT2D eigenvalue weighted by atomic mass is 16.6. The predicted molar refractivity (Wildman–Crippen MR) is 90.9 cm³/mol. The van der Waals surface area contributed by atoms with Crippen molar-refractivity contribution in [2.24, 2.45) is 5.73 Å². The van der Waals surface area contributed by atoms with Gasteiger partial charge in [-0.05, 0) is 18.6 Å². The van der Waals surface area contributed by atoms with E-state index in [1.807, 2.05) is 30.3 Å². The summed E-state index contributed by atoms with van der Waals surface area (Å²) < 4.78 is 4.95. The lowest BCUT2D eigenvalue weighted by atomic mass is 10.1. The quantitative estimate of drug-likeness (QED) is 0.451. The summed E-state index contributed by atoms with van der Waals surface area (Å²) in [7, 11) is 0. The van der Waals surface area contributed by atoms with E-state index in [-0.39, 0.29) is 11.3 Å². The molecule has 0 radical (unpaired) electrons. The van der Waals surface area contributed by atoms with Crippen molar-refractivity contribution in [3.05, 3.63) is 69.8 Å². The highest BCUT2D eigenvalue weighted by Gasteiger charge is 2.21. The molecule has 0 bridgehead atoms. The number of primary amides is 1. The van der Waals surface area contributed by atoms with Crippen molar-refractivity contribution in [3.8, 4) is 0 Å². The van der Waals surface area contributed by atoms with Gasteiger partial charge in [-0.3, -0.25) is 14.9 Å². The molecule has 1 atom stereocenters. The summed E-state index contributed by atoms with van der Waals surface area (Å²) in [5, 5.41) is 14.0. The van der Waals surface area contributed by atoms with Gasteiger partial charge in [0.2, 0.25) is 0 Å². The molecule has 3 N–H and O–H groups in total. The number of nitrogens with two attached hydrogens (primary N) is 1. The second kappa shape index (κ2) is 7.91. The normalized spacial score (nSPS) is 11.4. The minimum atomic E-state index is -1.14. The Kier molecular flexibility index (Phi) is 5.67. The van der Waals surface area contributed by atoms with E-state index < -0.39 is 22.9 Å². The molecule has 0 fully saturated rings. The first-order valence-electron chi connectivity index (χ1n) is 7.45. The van der Waals surface area contributed by atoms with Crippen LogP contribution in [0.15, 0.2) is 48.5 Å². The molecule has 0 saturated heterocycles. The Morgan fingerprint density at radius 2 is 1.92 bits per heavy atom. The van der Waals surface area contributed by atoms with Crippen molar-refractivity contribution >= 4 is 23.3 Å². The van der Waals surface area contributed by atoms with Crippen molar-refractivity contribution < 1.29 is 19.2 Å². The topological polar surface area (TPSA) is 125 Å². The fourth-order valence-corrected chi connectivity index (χ4v) is 2.04. The molecule has 0 aliphatic carbocycles. The van der Waals surface area contributed by atoms with Gasteiger partial charge in [-0.15, -0.1) is 0 Å². The summed E-state index contributed by atoms with van der Waals surface area (Å²) >= 11 is 0. The van der Waals surface area contributed by atoms with Crippen LogP contribution in [0.5, 0.6) is 0 Å². The molecule has 0 aromatic heterocycles. The van der Waals surface area contributed by atoms with E-state index in [4.69, 9.17) is 10.5 Å². The van der Waals surface area contributed by atoms with Crippen LogP contribution in [0.1, 0.15) is 22.8 Å². The number of carbonyl (C=O) groups excluding carboxylic acids is 2. The van der Waals surface area contributed by atoms with Gasteiger partial charge < -0.3 is 15.8 Å². The Labute approximate surface area is 143 Å². The minimum absolute atomic E-state index is 0.0433. The third-order valence-electron chi connectivity index (χ3n) is 3.44. The lowest BCUT2D eigenvalue weighted by Gasteiger charge is -2.14. The van der Waals surface area contributed by atoms with Crippen LogP contribution in [0.4, 0.5) is 11.4 Å². The average molecular weight is 343 g/mol. The first kappa shape index (κ1) is 17.9. The highest BCUT2D eigenvalue weighted by molar-refractivity contribution is 5.97. The van der Waals surface area contributed by atoms with E-state index in [9.17, 15) is 19.7 Å². The number of benzene rings is 2. The Bertz CT molecular complexity index is 792. The minimum Gasteiger partial charge on any atom is -0.449 e. The first-order valence-corrected chi connectivity index (χ1v) is 7.45. The van der Waals surface area contributed by atoms with Crippen molar-refractivity contribution in [1.29, 1.82) is 0 Å². The first-order chi connectivity index (χ1) is 11.9. The molecule has 8 heteroatoms. The van der Waals surface area contributed by atoms with Gasteiger partial charge in [0.1, 0.15) is 0 Å². The average Bonchev–Trinajstić information content (AvgIpc) is 2.60. The van der Waals surface area contributed by atoms with Crippen LogP contribution in [-0.4, -0.2) is 22.9 Å². The van der Waals surface area contributed by atoms with E-state index in [1.54, 1.807) is 0 Å². The van der Waals surface area contributed by atoms with Crippen LogP contribution in [0.25, 0.3) is 0 Å². The number of non-ortho nitro benzene ring substituents is 1. The molecule has 130 valence electrons. The summed E-state index contributed by atoms with van der Waals surface area (Å²) in [6.07, 6.45) is -1.14. The third kappa shape index (κ3) is 4.77. The molecule has 1 amide bonds. The standard InChI is InChI=1S/C17H17N3O5/c1-11(16(18)21)25-17(22)14-9-13(20(23)24)7-8-15(14)19-10-12-5-3-2-4-6-12/h2-9,11,19H,10H2,1H3,(H2,18,21)/t11-/m1/s1. The van der Waals surface area contributed by atoms with Crippen LogP contribution in [0.2, 0.25) is 0 Å². The number of nitrogens with zero attached hydrogens (tertiary/aromatic N) is 1. The largest absolute Gasteiger partial charge is 0.449 e. The number of ether oxygens (including phenoxy) is 1. The van der Waals surface area contributed by atoms with Crippen molar-refractivity contribution in [1.82, 2.24) is 0 Å². The monoisotopic (exact) mass is 343 g/mol. The maximum Gasteiger partial charge on any atom is 0.341 e. The second-order valence-corrected chi connectivity index (χ2v) is 5.28. The van der Waals surface area contributed by atoms with Crippen LogP contribution >= 0.6 is 0 Å². The molecule has 0 heterocycles. The fraction of sp³-hybridized carbons (Fsp3) is 0.176. The summed E-state index contributed by atoms with van der Waals surface area (Å²) in [6, 6.07) is 13.2. The van der Waals surface area contributed by atoms with E-state index in [0.29, 0.717) is 12.2 Å². The van der Waals surface area contributed by atoms with Crippen LogP contribution in [-0.2, 0) is 16.1 Å².